The van der Waals surface area contributed by atoms with Gasteiger partial charge in [0.05, 0.1) is 23.6 Å². The highest BCUT2D eigenvalue weighted by molar-refractivity contribution is 6.15. The van der Waals surface area contributed by atoms with Crippen LogP contribution in [0.3, 0.4) is 0 Å². The molecule has 6 rings (SSSR count). The van der Waals surface area contributed by atoms with Gasteiger partial charge in [-0.05, 0) is 47.6 Å². The molecule has 0 heterocycles. The van der Waals surface area contributed by atoms with Crippen LogP contribution >= 0.6 is 0 Å². The van der Waals surface area contributed by atoms with E-state index in [4.69, 9.17) is 0 Å². The Morgan fingerprint density at radius 1 is 0.435 bits per heavy atom. The van der Waals surface area contributed by atoms with Gasteiger partial charge >= 0.3 is 0 Å². The third kappa shape index (κ3) is 6.78. The summed E-state index contributed by atoms with van der Waals surface area (Å²) in [5.41, 5.74) is -0.854. The Labute approximate surface area is 343 Å². The summed E-state index contributed by atoms with van der Waals surface area (Å²) in [6, 6.07) is 2.84. The van der Waals surface area contributed by atoms with Crippen LogP contribution in [0.1, 0.15) is 72.9 Å². The lowest BCUT2D eigenvalue weighted by Gasteiger charge is -2.23. The van der Waals surface area contributed by atoms with Gasteiger partial charge in [0.15, 0.2) is 69.5 Å². The zero-order chi connectivity index (χ0) is 46.1. The molecule has 0 radical (unpaired) electrons. The summed E-state index contributed by atoms with van der Waals surface area (Å²) in [6.45, 7) is 9.39. The van der Waals surface area contributed by atoms with Crippen LogP contribution in [-0.4, -0.2) is 43.1 Å². The number of nitrogens with one attached hydrogen (secondary N) is 2. The molecule has 6 aromatic carbocycles. The average Bonchev–Trinajstić information content (AvgIpc) is 3.21. The fraction of sp³-hybridized carbons (Fsp3) is 0.190. The number of rotatable bonds is 9. The molecule has 0 amide bonds. The smallest absolute Gasteiger partial charge is 0.200 e. The van der Waals surface area contributed by atoms with Crippen LogP contribution in [0.2, 0.25) is 0 Å². The molecule has 0 aliphatic heterocycles. The van der Waals surface area contributed by atoms with E-state index in [0.717, 1.165) is 0 Å². The average molecular weight is 879 g/mol. The second-order valence-corrected chi connectivity index (χ2v) is 14.7. The Bertz CT molecular complexity index is 2720. The third-order valence-electron chi connectivity index (χ3n) is 10.1. The predicted octanol–water partition coefficient (Wildman–Crippen LogP) is 11.0. The second kappa shape index (κ2) is 16.1. The van der Waals surface area contributed by atoms with Crippen molar-refractivity contribution in [2.75, 3.05) is 10.9 Å². The number of phenolic OH excluding ortho intramolecular Hbond substituents is 6. The monoisotopic (exact) mass is 878 g/mol. The Morgan fingerprint density at radius 3 is 0.984 bits per heavy atom. The van der Waals surface area contributed by atoms with E-state index in [-0.39, 0.29) is 54.9 Å². The van der Waals surface area contributed by atoms with Gasteiger partial charge in [-0.25, -0.2) is 43.9 Å². The van der Waals surface area contributed by atoms with Crippen LogP contribution in [-0.2, 0) is 0 Å². The van der Waals surface area contributed by atoms with E-state index in [9.17, 15) is 74.5 Å². The highest BCUT2D eigenvalue weighted by atomic mass is 19.2. The molecule has 8 N–H and O–H groups in total. The van der Waals surface area contributed by atoms with Crippen LogP contribution in [0.4, 0.5) is 55.3 Å². The second-order valence-electron chi connectivity index (χ2n) is 14.7. The van der Waals surface area contributed by atoms with Gasteiger partial charge in [-0.3, -0.25) is 10.9 Å². The number of anilines is 2. The molecular formula is C42H32F10N4O6. The van der Waals surface area contributed by atoms with Gasteiger partial charge in [-0.1, -0.05) is 39.8 Å². The minimum atomic E-state index is -2.44. The van der Waals surface area contributed by atoms with Crippen molar-refractivity contribution in [2.45, 2.75) is 53.4 Å². The van der Waals surface area contributed by atoms with Crippen LogP contribution in [0, 0.1) is 72.0 Å². The van der Waals surface area contributed by atoms with E-state index >= 15 is 0 Å². The molecule has 62 heavy (non-hydrogen) atoms. The zero-order valence-electron chi connectivity index (χ0n) is 32.8. The van der Waals surface area contributed by atoms with Gasteiger partial charge < -0.3 is 30.6 Å². The highest BCUT2D eigenvalue weighted by Gasteiger charge is 2.31. The summed E-state index contributed by atoms with van der Waals surface area (Å²) in [5, 5.41) is 75.6. The molecule has 0 fully saturated rings. The molecule has 0 saturated heterocycles. The summed E-state index contributed by atoms with van der Waals surface area (Å²) in [7, 11) is 0. The van der Waals surface area contributed by atoms with Crippen LogP contribution in [0.5, 0.6) is 34.5 Å². The summed E-state index contributed by atoms with van der Waals surface area (Å²) < 4.78 is 141. The largest absolute Gasteiger partial charge is 0.507 e. The lowest BCUT2D eigenvalue weighted by Crippen LogP contribution is -2.07. The molecule has 0 aromatic heterocycles. The highest BCUT2D eigenvalue weighted by Crippen LogP contribution is 2.54. The maximum Gasteiger partial charge on any atom is 0.200 e. The van der Waals surface area contributed by atoms with Gasteiger partial charge in [-0.15, -0.1) is 0 Å². The van der Waals surface area contributed by atoms with Gasteiger partial charge in [0.2, 0.25) is 11.6 Å². The third-order valence-corrected chi connectivity index (χ3v) is 10.1. The summed E-state index contributed by atoms with van der Waals surface area (Å²) in [5.74, 6) is -29.3. The van der Waals surface area contributed by atoms with Crippen LogP contribution in [0.25, 0.3) is 32.7 Å². The molecule has 0 atom stereocenters. The van der Waals surface area contributed by atoms with Crippen molar-refractivity contribution in [3.8, 4) is 45.6 Å². The number of hydrogen-bond acceptors (Lipinski definition) is 10. The molecule has 0 unspecified atom stereocenters. The summed E-state index contributed by atoms with van der Waals surface area (Å²) >= 11 is 0. The minimum absolute atomic E-state index is 0.0568. The number of hydrazone groups is 2. The molecule has 10 nitrogen and oxygen atoms in total. The Kier molecular flexibility index (Phi) is 11.5. The number of aryl methyl sites for hydroxylation is 2. The van der Waals surface area contributed by atoms with Crippen LogP contribution in [0.15, 0.2) is 22.3 Å². The number of halogens is 10. The SMILES string of the molecule is Cc1cc2c(C(C)C)c(O)c(O)c(C=NNc3c(F)c(F)c(F)c(F)c3F)c2c(O)c1-c1c(C)cc2c(C(C)C)c(O)c(O)c(C=NNc3c(F)c(F)c(F)c(F)c3F)c2c1O. The molecule has 0 aliphatic rings. The van der Waals surface area contributed by atoms with E-state index < -0.39 is 127 Å². The van der Waals surface area contributed by atoms with E-state index in [0.29, 0.717) is 12.4 Å². The Morgan fingerprint density at radius 2 is 0.710 bits per heavy atom. The molecule has 20 heteroatoms. The van der Waals surface area contributed by atoms with Gasteiger partial charge in [-0.2, -0.15) is 10.2 Å². The van der Waals surface area contributed by atoms with Crippen molar-refractivity contribution >= 4 is 45.3 Å². The number of benzene rings is 6. The molecular weight excluding hydrogens is 846 g/mol. The van der Waals surface area contributed by atoms with Gasteiger partial charge in [0.25, 0.3) is 0 Å². The maximum atomic E-state index is 14.4. The van der Waals surface area contributed by atoms with Gasteiger partial charge in [0, 0.05) is 33.0 Å². The molecule has 0 aliphatic carbocycles. The fourth-order valence-electron chi connectivity index (χ4n) is 7.35. The van der Waals surface area contributed by atoms with Gasteiger partial charge in [0.1, 0.15) is 22.9 Å². The zero-order valence-corrected chi connectivity index (χ0v) is 32.8. The maximum absolute atomic E-state index is 14.4. The van der Waals surface area contributed by atoms with E-state index in [1.165, 1.54) is 26.0 Å². The first-order chi connectivity index (χ1) is 29.0. The lowest BCUT2D eigenvalue weighted by molar-refractivity contribution is 0.381. The fourth-order valence-corrected chi connectivity index (χ4v) is 7.35. The number of aromatic hydroxyl groups is 6. The first kappa shape index (κ1) is 44.4. The number of fused-ring (bicyclic) bond motifs is 2. The topological polar surface area (TPSA) is 170 Å². The van der Waals surface area contributed by atoms with Crippen LogP contribution < -0.4 is 10.9 Å². The molecule has 0 saturated carbocycles. The first-order valence-electron chi connectivity index (χ1n) is 18.1. The summed E-state index contributed by atoms with van der Waals surface area (Å²) in [4.78, 5) is 0. The standard InChI is InChI=1S/C42H32F10N4O6/c1-11(2)19-15-7-13(5)21(39(59)23(15)17(37(57)41(19)61)9-53-55-35-31(49)27(45)25(43)28(46)32(35)50)22-14(6)8-16-20(12(3)4)42(62)38(58)18(24(16)40(22)60)10-54-56-36-33(51)29(47)26(44)30(48)34(36)52/h7-12,55-62H,1-6H3. The van der Waals surface area contributed by atoms with Crippen molar-refractivity contribution in [3.63, 3.8) is 0 Å². The Hall–Kier alpha value is -7.12. The molecule has 6 aromatic rings. The first-order valence-corrected chi connectivity index (χ1v) is 18.1. The van der Waals surface area contributed by atoms with E-state index in [2.05, 4.69) is 10.2 Å². The molecule has 0 spiro atoms. The van der Waals surface area contributed by atoms with Crippen molar-refractivity contribution in [1.82, 2.24) is 0 Å². The Balaban J connectivity index is 1.65. The predicted molar refractivity (Wildman–Crippen MR) is 209 cm³/mol. The number of phenols is 6. The summed E-state index contributed by atoms with van der Waals surface area (Å²) in [6.07, 6.45) is 1.21. The van der Waals surface area contributed by atoms with Crippen molar-refractivity contribution in [1.29, 1.82) is 0 Å². The quantitative estimate of drug-likeness (QED) is 0.0177. The number of nitrogens with zero attached hydrogens (tertiary/aromatic N) is 2. The van der Waals surface area contributed by atoms with Crippen molar-refractivity contribution < 1.29 is 74.5 Å². The van der Waals surface area contributed by atoms with E-state index in [1.807, 2.05) is 0 Å². The van der Waals surface area contributed by atoms with Crippen molar-refractivity contribution in [3.05, 3.63) is 104 Å². The normalized spacial score (nSPS) is 12.1. The lowest BCUT2D eigenvalue weighted by atomic mass is 9.83. The van der Waals surface area contributed by atoms with Crippen molar-refractivity contribution in [2.24, 2.45) is 10.2 Å². The molecule has 326 valence electrons. The number of hydrogen-bond donors (Lipinski definition) is 8. The molecule has 0 bridgehead atoms. The van der Waals surface area contributed by atoms with E-state index in [1.54, 1.807) is 38.5 Å². The minimum Gasteiger partial charge on any atom is -0.507 e.